The molecule has 0 rings (SSSR count). The molecule has 0 atom stereocenters. The summed E-state index contributed by atoms with van der Waals surface area (Å²) in [6.45, 7) is 2.25. The number of hydrogen-bond acceptors (Lipinski definition) is 1. The lowest BCUT2D eigenvalue weighted by molar-refractivity contribution is -0.136. The van der Waals surface area contributed by atoms with Gasteiger partial charge in [0.2, 0.25) is 0 Å². The van der Waals surface area contributed by atoms with Crippen LogP contribution in [0.15, 0.2) is 24.3 Å². The van der Waals surface area contributed by atoms with Crippen molar-refractivity contribution >= 4 is 5.97 Å². The van der Waals surface area contributed by atoms with Crippen molar-refractivity contribution in [3.05, 3.63) is 24.3 Å². The minimum Gasteiger partial charge on any atom is -0.481 e. The van der Waals surface area contributed by atoms with Crippen LogP contribution in [0.25, 0.3) is 0 Å². The maximum absolute atomic E-state index is 10.2. The molecule has 0 aliphatic carbocycles. The van der Waals surface area contributed by atoms with Gasteiger partial charge in [-0.3, -0.25) is 4.79 Å². The van der Waals surface area contributed by atoms with E-state index >= 15 is 0 Å². The van der Waals surface area contributed by atoms with Gasteiger partial charge in [0.15, 0.2) is 0 Å². The lowest BCUT2D eigenvalue weighted by atomic mass is 10.1. The summed E-state index contributed by atoms with van der Waals surface area (Å²) >= 11 is 0. The Labute approximate surface area is 112 Å². The first kappa shape index (κ1) is 16.9. The Hall–Kier alpha value is -1.05. The van der Waals surface area contributed by atoms with Gasteiger partial charge < -0.3 is 5.11 Å². The molecular formula is C16H28O2. The molecule has 0 aromatic heterocycles. The topological polar surface area (TPSA) is 37.3 Å². The number of carbonyl (C=O) groups is 1. The molecule has 0 amide bonds. The van der Waals surface area contributed by atoms with E-state index in [1.807, 2.05) is 6.08 Å². The second kappa shape index (κ2) is 14.0. The van der Waals surface area contributed by atoms with E-state index in [0.717, 1.165) is 12.8 Å². The van der Waals surface area contributed by atoms with E-state index in [1.54, 1.807) is 6.08 Å². The van der Waals surface area contributed by atoms with E-state index in [9.17, 15) is 4.79 Å². The number of hydrogen-bond donors (Lipinski definition) is 1. The first-order valence-electron chi connectivity index (χ1n) is 7.29. The molecule has 104 valence electrons. The van der Waals surface area contributed by atoms with Gasteiger partial charge in [-0.25, -0.2) is 0 Å². The van der Waals surface area contributed by atoms with Crippen LogP contribution in [-0.4, -0.2) is 11.1 Å². The van der Waals surface area contributed by atoms with Crippen LogP contribution < -0.4 is 0 Å². The third kappa shape index (κ3) is 14.9. The van der Waals surface area contributed by atoms with Gasteiger partial charge in [0.1, 0.15) is 0 Å². The average Bonchev–Trinajstić information content (AvgIpc) is 2.34. The van der Waals surface area contributed by atoms with Crippen molar-refractivity contribution in [1.82, 2.24) is 0 Å². The van der Waals surface area contributed by atoms with E-state index in [0.29, 0.717) is 0 Å². The molecule has 1 N–H and O–H groups in total. The van der Waals surface area contributed by atoms with Crippen LogP contribution >= 0.6 is 0 Å². The minimum atomic E-state index is -0.765. The van der Waals surface area contributed by atoms with Gasteiger partial charge in [-0.1, -0.05) is 69.8 Å². The fourth-order valence-electron chi connectivity index (χ4n) is 1.79. The van der Waals surface area contributed by atoms with Crippen LogP contribution in [0.1, 0.15) is 71.1 Å². The first-order chi connectivity index (χ1) is 8.77. The molecular weight excluding hydrogens is 224 g/mol. The highest BCUT2D eigenvalue weighted by Crippen LogP contribution is 2.08. The molecule has 0 aromatic carbocycles. The SMILES string of the molecule is CCCCCCCCC/C=C\C/C=C\CC(=O)O. The number of aliphatic carboxylic acids is 1. The fraction of sp³-hybridized carbons (Fsp3) is 0.688. The van der Waals surface area contributed by atoms with Crippen molar-refractivity contribution in [2.45, 2.75) is 71.1 Å². The van der Waals surface area contributed by atoms with Gasteiger partial charge >= 0.3 is 5.97 Å². The zero-order valence-electron chi connectivity index (χ0n) is 11.7. The molecule has 2 nitrogen and oxygen atoms in total. The van der Waals surface area contributed by atoms with Gasteiger partial charge in [0.05, 0.1) is 6.42 Å². The highest BCUT2D eigenvalue weighted by Gasteiger charge is 1.89. The molecule has 0 aliphatic rings. The quantitative estimate of drug-likeness (QED) is 0.387. The predicted molar refractivity (Wildman–Crippen MR) is 77.8 cm³/mol. The largest absolute Gasteiger partial charge is 0.481 e. The second-order valence-corrected chi connectivity index (χ2v) is 4.69. The van der Waals surface area contributed by atoms with Crippen molar-refractivity contribution in [1.29, 1.82) is 0 Å². The van der Waals surface area contributed by atoms with Crippen molar-refractivity contribution in [3.63, 3.8) is 0 Å². The Morgan fingerprint density at radius 3 is 2.17 bits per heavy atom. The Bertz CT molecular complexity index is 241. The summed E-state index contributed by atoms with van der Waals surface area (Å²) < 4.78 is 0. The second-order valence-electron chi connectivity index (χ2n) is 4.69. The molecule has 0 aromatic rings. The van der Waals surface area contributed by atoms with E-state index < -0.39 is 5.97 Å². The smallest absolute Gasteiger partial charge is 0.307 e. The van der Waals surface area contributed by atoms with E-state index in [1.165, 1.54) is 44.9 Å². The summed E-state index contributed by atoms with van der Waals surface area (Å²) in [4.78, 5) is 10.2. The lowest BCUT2D eigenvalue weighted by Crippen LogP contribution is -1.89. The molecule has 0 spiro atoms. The summed E-state index contributed by atoms with van der Waals surface area (Å²) in [5.41, 5.74) is 0. The van der Waals surface area contributed by atoms with Gasteiger partial charge in [-0.15, -0.1) is 0 Å². The molecule has 2 heteroatoms. The van der Waals surface area contributed by atoms with Crippen LogP contribution in [-0.2, 0) is 4.79 Å². The zero-order valence-corrected chi connectivity index (χ0v) is 11.7. The fourth-order valence-corrected chi connectivity index (χ4v) is 1.79. The molecule has 0 aliphatic heterocycles. The van der Waals surface area contributed by atoms with Gasteiger partial charge in [-0.05, 0) is 19.3 Å². The van der Waals surface area contributed by atoms with Gasteiger partial charge in [0.25, 0.3) is 0 Å². The lowest BCUT2D eigenvalue weighted by Gasteiger charge is -1.98. The summed E-state index contributed by atoms with van der Waals surface area (Å²) in [6.07, 6.45) is 19.5. The van der Waals surface area contributed by atoms with Crippen LogP contribution in [0.2, 0.25) is 0 Å². The Kier molecular flexibility index (Phi) is 13.2. The van der Waals surface area contributed by atoms with Crippen molar-refractivity contribution < 1.29 is 9.90 Å². The molecule has 0 unspecified atom stereocenters. The number of rotatable bonds is 12. The van der Waals surface area contributed by atoms with E-state index in [-0.39, 0.29) is 6.42 Å². The monoisotopic (exact) mass is 252 g/mol. The Morgan fingerprint density at radius 2 is 1.50 bits per heavy atom. The summed E-state index contributed by atoms with van der Waals surface area (Å²) in [5.74, 6) is -0.765. The Morgan fingerprint density at radius 1 is 0.889 bits per heavy atom. The zero-order chi connectivity index (χ0) is 13.5. The highest BCUT2D eigenvalue weighted by molar-refractivity contribution is 5.68. The molecule has 0 saturated carbocycles. The average molecular weight is 252 g/mol. The van der Waals surface area contributed by atoms with Crippen LogP contribution in [0, 0.1) is 0 Å². The molecule has 0 bridgehead atoms. The van der Waals surface area contributed by atoms with Crippen molar-refractivity contribution in [2.75, 3.05) is 0 Å². The van der Waals surface area contributed by atoms with Gasteiger partial charge in [-0.2, -0.15) is 0 Å². The van der Waals surface area contributed by atoms with Gasteiger partial charge in [0, 0.05) is 0 Å². The number of carboxylic acid groups (broad SMARTS) is 1. The standard InChI is InChI=1S/C16H28O2/c1-2-3-4-5-6-7-8-9-10-11-12-13-14-15-16(17)18/h10-11,13-14H,2-9,12,15H2,1H3,(H,17,18)/b11-10-,14-13-. The third-order valence-electron chi connectivity index (χ3n) is 2.87. The summed E-state index contributed by atoms with van der Waals surface area (Å²) in [5, 5.41) is 8.42. The van der Waals surface area contributed by atoms with Crippen LogP contribution in [0.5, 0.6) is 0 Å². The van der Waals surface area contributed by atoms with Crippen molar-refractivity contribution in [2.24, 2.45) is 0 Å². The van der Waals surface area contributed by atoms with Crippen molar-refractivity contribution in [3.8, 4) is 0 Å². The van der Waals surface area contributed by atoms with Crippen LogP contribution in [0.4, 0.5) is 0 Å². The molecule has 18 heavy (non-hydrogen) atoms. The van der Waals surface area contributed by atoms with Crippen LogP contribution in [0.3, 0.4) is 0 Å². The first-order valence-corrected chi connectivity index (χ1v) is 7.29. The number of unbranched alkanes of at least 4 members (excludes halogenated alkanes) is 7. The number of carboxylic acids is 1. The molecule has 0 heterocycles. The highest BCUT2D eigenvalue weighted by atomic mass is 16.4. The van der Waals surface area contributed by atoms with E-state index in [2.05, 4.69) is 19.1 Å². The normalized spacial score (nSPS) is 11.6. The molecule has 0 saturated heterocycles. The summed E-state index contributed by atoms with van der Waals surface area (Å²) in [6, 6.07) is 0. The Balaban J connectivity index is 3.18. The summed E-state index contributed by atoms with van der Waals surface area (Å²) in [7, 11) is 0. The number of allylic oxidation sites excluding steroid dienone is 3. The maximum Gasteiger partial charge on any atom is 0.307 e. The molecule has 0 fully saturated rings. The predicted octanol–water partition coefficient (Wildman–Crippen LogP) is 5.10. The maximum atomic E-state index is 10.2. The third-order valence-corrected chi connectivity index (χ3v) is 2.87. The molecule has 0 radical (unpaired) electrons. The minimum absolute atomic E-state index is 0.131. The van der Waals surface area contributed by atoms with E-state index in [4.69, 9.17) is 5.11 Å².